The van der Waals surface area contributed by atoms with Gasteiger partial charge in [0.2, 0.25) is 10.5 Å². The van der Waals surface area contributed by atoms with Crippen LogP contribution in [-0.4, -0.2) is 10.5 Å². The van der Waals surface area contributed by atoms with Gasteiger partial charge in [0, 0.05) is 0 Å². The highest BCUT2D eigenvalue weighted by molar-refractivity contribution is 6.68. The van der Waals surface area contributed by atoms with Crippen LogP contribution in [0.1, 0.15) is 38.5 Å². The number of fused-ring (bicyclic) bond motifs is 9. The van der Waals surface area contributed by atoms with E-state index in [-0.39, 0.29) is 10.5 Å². The van der Waals surface area contributed by atoms with Crippen LogP contribution >= 0.6 is 23.2 Å². The van der Waals surface area contributed by atoms with Crippen LogP contribution in [0.5, 0.6) is 0 Å². The first-order valence-corrected chi connectivity index (χ1v) is 7.69. The predicted molar refractivity (Wildman–Crippen MR) is 68.2 cm³/mol. The van der Waals surface area contributed by atoms with E-state index in [0.717, 1.165) is 32.1 Å². The summed E-state index contributed by atoms with van der Waals surface area (Å²) in [6.07, 6.45) is 6.00. The molecular formula is C14H16Cl2O2. The van der Waals surface area contributed by atoms with E-state index in [1.54, 1.807) is 0 Å². The second kappa shape index (κ2) is 3.32. The molecular weight excluding hydrogens is 271 g/mol. The van der Waals surface area contributed by atoms with Crippen molar-refractivity contribution >= 4 is 33.7 Å². The van der Waals surface area contributed by atoms with E-state index >= 15 is 0 Å². The lowest BCUT2D eigenvalue weighted by Gasteiger charge is -2.49. The van der Waals surface area contributed by atoms with Crippen molar-refractivity contribution in [3.05, 3.63) is 0 Å². The van der Waals surface area contributed by atoms with Crippen LogP contribution in [-0.2, 0) is 9.59 Å². The quantitative estimate of drug-likeness (QED) is 0.576. The van der Waals surface area contributed by atoms with Crippen LogP contribution in [0.2, 0.25) is 0 Å². The smallest absolute Gasteiger partial charge is 0.229 e. The van der Waals surface area contributed by atoms with Crippen molar-refractivity contribution in [2.75, 3.05) is 0 Å². The van der Waals surface area contributed by atoms with E-state index in [0.29, 0.717) is 23.7 Å². The summed E-state index contributed by atoms with van der Waals surface area (Å²) in [6.45, 7) is 0. The summed E-state index contributed by atoms with van der Waals surface area (Å²) in [4.78, 5) is 24.4. The first-order chi connectivity index (χ1) is 8.54. The van der Waals surface area contributed by atoms with Gasteiger partial charge in [0.25, 0.3) is 0 Å². The van der Waals surface area contributed by atoms with E-state index < -0.39 is 10.8 Å². The SMILES string of the molecule is O=C(Cl)C12CCC(C1)C1C3CCC(C3)C12C(=O)Cl. The van der Waals surface area contributed by atoms with E-state index in [1.165, 1.54) is 6.42 Å². The van der Waals surface area contributed by atoms with Crippen molar-refractivity contribution < 1.29 is 9.59 Å². The highest BCUT2D eigenvalue weighted by atomic mass is 35.5. The Morgan fingerprint density at radius 1 is 1.00 bits per heavy atom. The first-order valence-electron chi connectivity index (χ1n) is 6.94. The molecule has 6 unspecified atom stereocenters. The van der Waals surface area contributed by atoms with Gasteiger partial charge in [-0.1, -0.05) is 0 Å². The number of hydrogen-bond acceptors (Lipinski definition) is 2. The molecule has 4 aliphatic rings. The molecule has 0 aromatic rings. The van der Waals surface area contributed by atoms with Crippen LogP contribution in [0.25, 0.3) is 0 Å². The lowest BCUT2D eigenvalue weighted by molar-refractivity contribution is -0.147. The third-order valence-electron chi connectivity index (χ3n) is 6.70. The Balaban J connectivity index is 1.95. The molecule has 4 fully saturated rings. The number of halogens is 2. The van der Waals surface area contributed by atoms with Gasteiger partial charge in [-0.15, -0.1) is 0 Å². The molecule has 0 N–H and O–H groups in total. The fourth-order valence-corrected chi connectivity index (χ4v) is 7.24. The lowest BCUT2D eigenvalue weighted by atomic mass is 9.54. The normalized spacial score (nSPS) is 55.9. The van der Waals surface area contributed by atoms with Gasteiger partial charge in [0.1, 0.15) is 0 Å². The van der Waals surface area contributed by atoms with Crippen molar-refractivity contribution in [1.29, 1.82) is 0 Å². The van der Waals surface area contributed by atoms with Crippen LogP contribution < -0.4 is 0 Å². The Bertz CT molecular complexity index is 463. The van der Waals surface area contributed by atoms with Crippen molar-refractivity contribution in [3.8, 4) is 0 Å². The van der Waals surface area contributed by atoms with Gasteiger partial charge in [-0.05, 0) is 85.4 Å². The Morgan fingerprint density at radius 2 is 1.78 bits per heavy atom. The summed E-state index contributed by atoms with van der Waals surface area (Å²) in [6, 6.07) is 0. The predicted octanol–water partition coefficient (Wildman–Crippen LogP) is 3.35. The largest absolute Gasteiger partial charge is 0.281 e. The second-order valence-electron chi connectivity index (χ2n) is 6.80. The monoisotopic (exact) mass is 286 g/mol. The topological polar surface area (TPSA) is 34.1 Å². The van der Waals surface area contributed by atoms with Crippen LogP contribution in [0.3, 0.4) is 0 Å². The molecule has 0 aromatic carbocycles. The van der Waals surface area contributed by atoms with Gasteiger partial charge in [-0.2, -0.15) is 0 Å². The molecule has 4 bridgehead atoms. The molecule has 4 heteroatoms. The maximum Gasteiger partial charge on any atom is 0.229 e. The van der Waals surface area contributed by atoms with E-state index in [1.807, 2.05) is 0 Å². The summed E-state index contributed by atoms with van der Waals surface area (Å²) < 4.78 is 0. The number of carbonyl (C=O) groups is 2. The zero-order chi connectivity index (χ0) is 12.7. The summed E-state index contributed by atoms with van der Waals surface area (Å²) >= 11 is 12.0. The summed E-state index contributed by atoms with van der Waals surface area (Å²) in [7, 11) is 0. The fourth-order valence-electron chi connectivity index (χ4n) is 6.45. The Hall–Kier alpha value is -0.0800. The minimum atomic E-state index is -0.622. The van der Waals surface area contributed by atoms with Crippen LogP contribution in [0.4, 0.5) is 0 Å². The highest BCUT2D eigenvalue weighted by Crippen LogP contribution is 2.79. The average molecular weight is 287 g/mol. The average Bonchev–Trinajstić information content (AvgIpc) is 3.06. The van der Waals surface area contributed by atoms with Crippen LogP contribution in [0.15, 0.2) is 0 Å². The maximum atomic E-state index is 12.3. The molecule has 0 saturated heterocycles. The van der Waals surface area contributed by atoms with Gasteiger partial charge in [-0.25, -0.2) is 0 Å². The van der Waals surface area contributed by atoms with Crippen molar-refractivity contribution in [3.63, 3.8) is 0 Å². The molecule has 4 saturated carbocycles. The molecule has 4 aliphatic carbocycles. The minimum absolute atomic E-state index is 0.268. The molecule has 0 aromatic heterocycles. The number of rotatable bonds is 2. The molecule has 4 rings (SSSR count). The third kappa shape index (κ3) is 0.955. The molecule has 6 atom stereocenters. The molecule has 0 aliphatic heterocycles. The second-order valence-corrected chi connectivity index (χ2v) is 7.48. The minimum Gasteiger partial charge on any atom is -0.281 e. The maximum absolute atomic E-state index is 12.3. The Kier molecular flexibility index (Phi) is 2.16. The van der Waals surface area contributed by atoms with Gasteiger partial charge in [0.05, 0.1) is 10.8 Å². The molecule has 2 nitrogen and oxygen atoms in total. The standard InChI is InChI=1S/C14H16Cl2O2/c15-11(17)13-4-3-8(6-13)10-7-1-2-9(5-7)14(10,13)12(16)18/h7-10H,1-6H2. The Morgan fingerprint density at radius 3 is 2.44 bits per heavy atom. The summed E-state index contributed by atoms with van der Waals surface area (Å²) in [5, 5.41) is -0.565. The van der Waals surface area contributed by atoms with Gasteiger partial charge < -0.3 is 0 Å². The van der Waals surface area contributed by atoms with Gasteiger partial charge in [-0.3, -0.25) is 9.59 Å². The van der Waals surface area contributed by atoms with E-state index in [9.17, 15) is 9.59 Å². The van der Waals surface area contributed by atoms with Gasteiger partial charge >= 0.3 is 0 Å². The van der Waals surface area contributed by atoms with Crippen molar-refractivity contribution in [1.82, 2.24) is 0 Å². The summed E-state index contributed by atoms with van der Waals surface area (Å²) in [5.41, 5.74) is -1.22. The summed E-state index contributed by atoms with van der Waals surface area (Å²) in [5.74, 6) is 1.77. The van der Waals surface area contributed by atoms with Gasteiger partial charge in [0.15, 0.2) is 0 Å². The highest BCUT2D eigenvalue weighted by Gasteiger charge is 2.79. The van der Waals surface area contributed by atoms with E-state index in [4.69, 9.17) is 23.2 Å². The molecule has 98 valence electrons. The third-order valence-corrected chi connectivity index (χ3v) is 7.38. The zero-order valence-corrected chi connectivity index (χ0v) is 11.6. The van der Waals surface area contributed by atoms with Crippen molar-refractivity contribution in [2.24, 2.45) is 34.5 Å². The molecule has 0 heterocycles. The number of carbonyl (C=O) groups excluding carboxylic acids is 2. The lowest BCUT2D eigenvalue weighted by Crippen LogP contribution is -2.54. The zero-order valence-electron chi connectivity index (χ0n) is 10.1. The number of hydrogen-bond donors (Lipinski definition) is 0. The molecule has 18 heavy (non-hydrogen) atoms. The first kappa shape index (κ1) is 11.7. The molecule has 0 radical (unpaired) electrons. The molecule has 0 spiro atoms. The van der Waals surface area contributed by atoms with E-state index in [2.05, 4.69) is 0 Å². The Labute approximate surface area is 116 Å². The van der Waals surface area contributed by atoms with Crippen LogP contribution in [0, 0.1) is 34.5 Å². The van der Waals surface area contributed by atoms with Crippen molar-refractivity contribution in [2.45, 2.75) is 38.5 Å². The molecule has 0 amide bonds. The fraction of sp³-hybridized carbons (Fsp3) is 0.857.